The van der Waals surface area contributed by atoms with E-state index in [2.05, 4.69) is 10.2 Å². The fourth-order valence-corrected chi connectivity index (χ4v) is 2.07. The van der Waals surface area contributed by atoms with Crippen molar-refractivity contribution in [2.24, 2.45) is 5.73 Å². The molecule has 5 nitrogen and oxygen atoms in total. The highest BCUT2D eigenvalue weighted by Gasteiger charge is 2.07. The van der Waals surface area contributed by atoms with Gasteiger partial charge in [-0.1, -0.05) is 12.1 Å². The summed E-state index contributed by atoms with van der Waals surface area (Å²) in [7, 11) is 0. The zero-order valence-corrected chi connectivity index (χ0v) is 9.00. The summed E-state index contributed by atoms with van der Waals surface area (Å²) in [6, 6.07) is 5.94. The molecular formula is C12H10N4O. The van der Waals surface area contributed by atoms with E-state index in [0.717, 1.165) is 21.7 Å². The number of amides is 1. The van der Waals surface area contributed by atoms with Gasteiger partial charge in [-0.05, 0) is 6.07 Å². The van der Waals surface area contributed by atoms with Crippen molar-refractivity contribution < 1.29 is 4.79 Å². The van der Waals surface area contributed by atoms with Gasteiger partial charge in [0.1, 0.15) is 6.54 Å². The van der Waals surface area contributed by atoms with Crippen molar-refractivity contribution >= 4 is 27.6 Å². The van der Waals surface area contributed by atoms with Crippen LogP contribution in [-0.4, -0.2) is 20.7 Å². The van der Waals surface area contributed by atoms with Crippen molar-refractivity contribution in [2.45, 2.75) is 6.54 Å². The van der Waals surface area contributed by atoms with Crippen molar-refractivity contribution in [1.29, 1.82) is 0 Å². The lowest BCUT2D eigenvalue weighted by molar-refractivity contribution is -0.118. The largest absolute Gasteiger partial charge is 0.368 e. The zero-order chi connectivity index (χ0) is 11.8. The maximum atomic E-state index is 11.0. The van der Waals surface area contributed by atoms with E-state index in [0.29, 0.717) is 0 Å². The molecule has 84 valence electrons. The molecule has 17 heavy (non-hydrogen) atoms. The van der Waals surface area contributed by atoms with Crippen LogP contribution in [0.2, 0.25) is 0 Å². The molecule has 2 aromatic heterocycles. The number of benzene rings is 1. The smallest absolute Gasteiger partial charge is 0.237 e. The highest BCUT2D eigenvalue weighted by atomic mass is 16.1. The maximum Gasteiger partial charge on any atom is 0.237 e. The molecule has 0 saturated carbocycles. The molecule has 0 spiro atoms. The van der Waals surface area contributed by atoms with Gasteiger partial charge < -0.3 is 10.3 Å². The predicted molar refractivity (Wildman–Crippen MR) is 64.2 cm³/mol. The van der Waals surface area contributed by atoms with E-state index >= 15 is 0 Å². The lowest BCUT2D eigenvalue weighted by Gasteiger charge is -2.04. The van der Waals surface area contributed by atoms with E-state index in [4.69, 9.17) is 5.73 Å². The topological polar surface area (TPSA) is 73.8 Å². The van der Waals surface area contributed by atoms with Gasteiger partial charge >= 0.3 is 0 Å². The first-order valence-electron chi connectivity index (χ1n) is 5.22. The third-order valence-corrected chi connectivity index (χ3v) is 2.78. The van der Waals surface area contributed by atoms with E-state index in [1.165, 1.54) is 0 Å². The molecule has 3 rings (SSSR count). The van der Waals surface area contributed by atoms with Crippen LogP contribution in [0.5, 0.6) is 0 Å². The van der Waals surface area contributed by atoms with Crippen LogP contribution in [0.1, 0.15) is 0 Å². The quantitative estimate of drug-likeness (QED) is 0.710. The molecule has 0 bridgehead atoms. The molecule has 0 saturated heterocycles. The molecule has 3 aromatic rings. The first-order valence-corrected chi connectivity index (χ1v) is 5.22. The molecule has 1 aromatic carbocycles. The second-order valence-electron chi connectivity index (χ2n) is 3.91. The van der Waals surface area contributed by atoms with E-state index in [1.807, 2.05) is 29.0 Å². The molecule has 0 atom stereocenters. The Morgan fingerprint density at radius 1 is 1.18 bits per heavy atom. The van der Waals surface area contributed by atoms with E-state index in [-0.39, 0.29) is 12.5 Å². The van der Waals surface area contributed by atoms with E-state index in [9.17, 15) is 4.79 Å². The fourth-order valence-electron chi connectivity index (χ4n) is 2.07. The van der Waals surface area contributed by atoms with Crippen LogP contribution in [0.4, 0.5) is 0 Å². The lowest BCUT2D eigenvalue weighted by Crippen LogP contribution is -2.17. The molecule has 0 aliphatic rings. The second kappa shape index (κ2) is 3.55. The van der Waals surface area contributed by atoms with Crippen LogP contribution in [-0.2, 0) is 11.3 Å². The summed E-state index contributed by atoms with van der Waals surface area (Å²) >= 11 is 0. The first-order chi connectivity index (χ1) is 8.25. The summed E-state index contributed by atoms with van der Waals surface area (Å²) in [5, 5.41) is 10.8. The van der Waals surface area contributed by atoms with E-state index < -0.39 is 0 Å². The van der Waals surface area contributed by atoms with Crippen LogP contribution < -0.4 is 5.73 Å². The predicted octanol–water partition coefficient (Wildman–Crippen LogP) is 1.07. The van der Waals surface area contributed by atoms with Crippen LogP contribution in [0.25, 0.3) is 21.7 Å². The minimum absolute atomic E-state index is 0.172. The van der Waals surface area contributed by atoms with Crippen molar-refractivity contribution in [3.8, 4) is 0 Å². The number of fused-ring (bicyclic) bond motifs is 3. The summed E-state index contributed by atoms with van der Waals surface area (Å²) in [5.74, 6) is -0.360. The Balaban J connectivity index is 2.38. The van der Waals surface area contributed by atoms with Crippen LogP contribution in [0.15, 0.2) is 36.8 Å². The summed E-state index contributed by atoms with van der Waals surface area (Å²) in [4.78, 5) is 11.0. The average molecular weight is 226 g/mol. The Hall–Kier alpha value is -2.43. The number of carbonyl (C=O) groups excluding carboxylic acids is 1. The average Bonchev–Trinajstić information content (AvgIpc) is 2.72. The number of primary amides is 1. The van der Waals surface area contributed by atoms with Crippen molar-refractivity contribution in [1.82, 2.24) is 14.8 Å². The first kappa shape index (κ1) is 9.77. The molecule has 1 amide bonds. The number of hydrogen-bond donors (Lipinski definition) is 1. The van der Waals surface area contributed by atoms with Crippen LogP contribution in [0.3, 0.4) is 0 Å². The Kier molecular flexibility index (Phi) is 2.04. The van der Waals surface area contributed by atoms with Crippen LogP contribution >= 0.6 is 0 Å². The molecule has 0 fully saturated rings. The minimum Gasteiger partial charge on any atom is -0.368 e. The highest BCUT2D eigenvalue weighted by Crippen LogP contribution is 2.24. The molecule has 2 N–H and O–H groups in total. The van der Waals surface area contributed by atoms with Crippen LogP contribution in [0, 0.1) is 0 Å². The van der Waals surface area contributed by atoms with Gasteiger partial charge in [0, 0.05) is 22.4 Å². The number of rotatable bonds is 2. The minimum atomic E-state index is -0.360. The molecular weight excluding hydrogens is 216 g/mol. The lowest BCUT2D eigenvalue weighted by atomic mass is 10.1. The fraction of sp³-hybridized carbons (Fsp3) is 0.0833. The van der Waals surface area contributed by atoms with Gasteiger partial charge in [0.25, 0.3) is 0 Å². The Morgan fingerprint density at radius 3 is 2.76 bits per heavy atom. The van der Waals surface area contributed by atoms with Gasteiger partial charge in [0.2, 0.25) is 5.91 Å². The molecule has 0 radical (unpaired) electrons. The number of nitrogens with two attached hydrogens (primary N) is 1. The Labute approximate surface area is 96.9 Å². The molecule has 0 aliphatic heterocycles. The normalized spacial score (nSPS) is 11.1. The highest BCUT2D eigenvalue weighted by molar-refractivity contribution is 6.05. The van der Waals surface area contributed by atoms with Gasteiger partial charge in [0.15, 0.2) is 0 Å². The van der Waals surface area contributed by atoms with Gasteiger partial charge in [0.05, 0.1) is 17.9 Å². The Morgan fingerprint density at radius 2 is 1.94 bits per heavy atom. The standard InChI is InChI=1S/C12H10N4O/c13-11(17)7-16-4-3-8-1-2-9-5-14-15-6-10(9)12(8)16/h1-6H,7H2,(H2,13,17). The number of nitrogens with zero attached hydrogens (tertiary/aromatic N) is 3. The molecule has 0 aliphatic carbocycles. The zero-order valence-electron chi connectivity index (χ0n) is 9.00. The SMILES string of the molecule is NC(=O)Cn1ccc2ccc3cnncc3c21. The van der Waals surface area contributed by atoms with Crippen molar-refractivity contribution in [2.75, 3.05) is 0 Å². The Bertz CT molecular complexity index is 717. The van der Waals surface area contributed by atoms with Gasteiger partial charge in [-0.15, -0.1) is 0 Å². The molecule has 2 heterocycles. The van der Waals surface area contributed by atoms with Gasteiger partial charge in [-0.3, -0.25) is 4.79 Å². The number of carbonyl (C=O) groups is 1. The monoisotopic (exact) mass is 226 g/mol. The molecule has 0 unspecified atom stereocenters. The van der Waals surface area contributed by atoms with E-state index in [1.54, 1.807) is 12.4 Å². The third-order valence-electron chi connectivity index (χ3n) is 2.78. The number of aromatic nitrogens is 3. The summed E-state index contributed by atoms with van der Waals surface area (Å²) in [6.07, 6.45) is 5.26. The van der Waals surface area contributed by atoms with Gasteiger partial charge in [-0.2, -0.15) is 10.2 Å². The summed E-state index contributed by atoms with van der Waals surface area (Å²) in [6.45, 7) is 0.172. The molecule has 5 heteroatoms. The van der Waals surface area contributed by atoms with Crippen molar-refractivity contribution in [3.63, 3.8) is 0 Å². The van der Waals surface area contributed by atoms with Crippen molar-refractivity contribution in [3.05, 3.63) is 36.8 Å². The third kappa shape index (κ3) is 1.52. The number of hydrogen-bond acceptors (Lipinski definition) is 3. The summed E-state index contributed by atoms with van der Waals surface area (Å²) in [5.41, 5.74) is 6.20. The maximum absolute atomic E-state index is 11.0. The second-order valence-corrected chi connectivity index (χ2v) is 3.91. The summed E-state index contributed by atoms with van der Waals surface area (Å²) < 4.78 is 1.84. The van der Waals surface area contributed by atoms with Gasteiger partial charge in [-0.25, -0.2) is 0 Å².